The Labute approximate surface area is 195 Å². The van der Waals surface area contributed by atoms with E-state index in [1.54, 1.807) is 12.1 Å². The van der Waals surface area contributed by atoms with Gasteiger partial charge in [0.25, 0.3) is 0 Å². The Balaban J connectivity index is 1.35. The standard InChI is InChI=1S/C24H26F3N5O2/c1-2-17-7-3-4-8-18(17)28-21(33)15-30-11-13-31(14-12-30)22(34)16-32-20-10-6-5-9-19(20)29-23(32)24(25,26)27/h3-10H,2,11-16H2,1H3,(H,28,33). The highest BCUT2D eigenvalue weighted by Gasteiger charge is 2.38. The van der Waals surface area contributed by atoms with Gasteiger partial charge in [-0.25, -0.2) is 4.98 Å². The molecule has 1 aliphatic heterocycles. The smallest absolute Gasteiger partial charge is 0.339 e. The lowest BCUT2D eigenvalue weighted by Gasteiger charge is -2.34. The molecular weight excluding hydrogens is 447 g/mol. The summed E-state index contributed by atoms with van der Waals surface area (Å²) in [5.41, 5.74) is 2.31. The maximum absolute atomic E-state index is 13.5. The van der Waals surface area contributed by atoms with Crippen LogP contribution >= 0.6 is 0 Å². The monoisotopic (exact) mass is 473 g/mol. The van der Waals surface area contributed by atoms with E-state index in [-0.39, 0.29) is 23.5 Å². The number of fused-ring (bicyclic) bond motifs is 1. The quantitative estimate of drug-likeness (QED) is 0.596. The summed E-state index contributed by atoms with van der Waals surface area (Å²) in [6.07, 6.45) is -3.86. The van der Waals surface area contributed by atoms with Crippen LogP contribution in [0, 0.1) is 0 Å². The van der Waals surface area contributed by atoms with Gasteiger partial charge in [-0.05, 0) is 30.2 Å². The molecule has 1 aromatic heterocycles. The van der Waals surface area contributed by atoms with Crippen LogP contribution in [0.3, 0.4) is 0 Å². The fourth-order valence-corrected chi connectivity index (χ4v) is 4.19. The number of rotatable bonds is 6. The van der Waals surface area contributed by atoms with Gasteiger partial charge in [0.1, 0.15) is 6.54 Å². The highest BCUT2D eigenvalue weighted by molar-refractivity contribution is 5.93. The highest BCUT2D eigenvalue weighted by Crippen LogP contribution is 2.31. The molecule has 1 aliphatic rings. The van der Waals surface area contributed by atoms with Crippen LogP contribution in [0.4, 0.5) is 18.9 Å². The minimum atomic E-state index is -4.66. The number of carbonyl (C=O) groups is 2. The van der Waals surface area contributed by atoms with Crippen molar-refractivity contribution in [2.75, 3.05) is 38.0 Å². The van der Waals surface area contributed by atoms with Crippen LogP contribution in [0.15, 0.2) is 48.5 Å². The average molecular weight is 473 g/mol. The van der Waals surface area contributed by atoms with Crippen LogP contribution in [-0.2, 0) is 28.7 Å². The molecule has 180 valence electrons. The van der Waals surface area contributed by atoms with Crippen molar-refractivity contribution in [3.8, 4) is 0 Å². The summed E-state index contributed by atoms with van der Waals surface area (Å²) in [5.74, 6) is -1.63. The molecular formula is C24H26F3N5O2. The van der Waals surface area contributed by atoms with Crippen molar-refractivity contribution in [2.45, 2.75) is 26.1 Å². The molecule has 3 aromatic rings. The van der Waals surface area contributed by atoms with Gasteiger partial charge in [-0.2, -0.15) is 13.2 Å². The first-order valence-corrected chi connectivity index (χ1v) is 11.2. The number of halogens is 3. The van der Waals surface area contributed by atoms with E-state index in [1.807, 2.05) is 36.1 Å². The van der Waals surface area contributed by atoms with Crippen molar-refractivity contribution in [1.82, 2.24) is 19.4 Å². The van der Waals surface area contributed by atoms with E-state index in [0.29, 0.717) is 26.2 Å². The van der Waals surface area contributed by atoms with Crippen LogP contribution < -0.4 is 5.32 Å². The molecule has 1 fully saturated rings. The normalized spacial score (nSPS) is 15.0. The first kappa shape index (κ1) is 23.7. The molecule has 2 aromatic carbocycles. The van der Waals surface area contributed by atoms with Gasteiger partial charge in [-0.3, -0.25) is 14.5 Å². The van der Waals surface area contributed by atoms with Gasteiger partial charge in [-0.1, -0.05) is 37.3 Å². The van der Waals surface area contributed by atoms with Crippen molar-refractivity contribution < 1.29 is 22.8 Å². The number of benzene rings is 2. The SMILES string of the molecule is CCc1ccccc1NC(=O)CN1CCN(C(=O)Cn2c(C(F)(F)F)nc3ccccc32)CC1. The molecule has 0 spiro atoms. The lowest BCUT2D eigenvalue weighted by molar-refractivity contribution is -0.148. The van der Waals surface area contributed by atoms with Gasteiger partial charge in [0.15, 0.2) is 0 Å². The zero-order chi connectivity index (χ0) is 24.3. The summed E-state index contributed by atoms with van der Waals surface area (Å²) in [4.78, 5) is 32.5. The zero-order valence-electron chi connectivity index (χ0n) is 18.8. The summed E-state index contributed by atoms with van der Waals surface area (Å²) in [7, 11) is 0. The minimum absolute atomic E-state index is 0.139. The second-order valence-electron chi connectivity index (χ2n) is 8.22. The van der Waals surface area contributed by atoms with Crippen LogP contribution in [0.25, 0.3) is 11.0 Å². The van der Waals surface area contributed by atoms with Crippen LogP contribution in [-0.4, -0.2) is 63.9 Å². The predicted molar refractivity (Wildman–Crippen MR) is 122 cm³/mol. The Kier molecular flexibility index (Phi) is 6.87. The van der Waals surface area contributed by atoms with Crippen molar-refractivity contribution in [1.29, 1.82) is 0 Å². The number of alkyl halides is 3. The lowest BCUT2D eigenvalue weighted by Crippen LogP contribution is -2.51. The van der Waals surface area contributed by atoms with Crippen molar-refractivity contribution in [3.63, 3.8) is 0 Å². The Hall–Kier alpha value is -3.40. The molecule has 0 saturated carbocycles. The zero-order valence-corrected chi connectivity index (χ0v) is 18.8. The molecule has 34 heavy (non-hydrogen) atoms. The molecule has 4 rings (SSSR count). The van der Waals surface area contributed by atoms with Gasteiger partial charge in [-0.15, -0.1) is 0 Å². The molecule has 2 heterocycles. The number of hydrogen-bond acceptors (Lipinski definition) is 4. The molecule has 1 saturated heterocycles. The summed E-state index contributed by atoms with van der Waals surface area (Å²) in [6.45, 7) is 3.37. The number of carbonyl (C=O) groups excluding carboxylic acids is 2. The van der Waals surface area contributed by atoms with E-state index in [9.17, 15) is 22.8 Å². The average Bonchev–Trinajstić information content (AvgIpc) is 3.19. The number of para-hydroxylation sites is 3. The number of aryl methyl sites for hydroxylation is 1. The highest BCUT2D eigenvalue weighted by atomic mass is 19.4. The van der Waals surface area contributed by atoms with E-state index < -0.39 is 24.5 Å². The maximum atomic E-state index is 13.5. The molecule has 0 atom stereocenters. The predicted octanol–water partition coefficient (Wildman–Crippen LogP) is 3.40. The van der Waals surface area contributed by atoms with E-state index in [0.717, 1.165) is 22.2 Å². The van der Waals surface area contributed by atoms with Gasteiger partial charge in [0.05, 0.1) is 17.6 Å². The van der Waals surface area contributed by atoms with Crippen molar-refractivity contribution in [3.05, 3.63) is 59.9 Å². The number of piperazine rings is 1. The van der Waals surface area contributed by atoms with Crippen LogP contribution in [0.5, 0.6) is 0 Å². The lowest BCUT2D eigenvalue weighted by atomic mass is 10.1. The van der Waals surface area contributed by atoms with Gasteiger partial charge in [0.2, 0.25) is 17.6 Å². The summed E-state index contributed by atoms with van der Waals surface area (Å²) in [5, 5.41) is 2.93. The molecule has 10 heteroatoms. The minimum Gasteiger partial charge on any atom is -0.339 e. The number of aromatic nitrogens is 2. The number of imidazole rings is 1. The van der Waals surface area contributed by atoms with Crippen molar-refractivity contribution >= 4 is 28.5 Å². The molecule has 7 nitrogen and oxygen atoms in total. The topological polar surface area (TPSA) is 70.5 Å². The Morgan fingerprint density at radius 1 is 0.971 bits per heavy atom. The first-order valence-electron chi connectivity index (χ1n) is 11.2. The van der Waals surface area contributed by atoms with E-state index >= 15 is 0 Å². The molecule has 0 bridgehead atoms. The van der Waals surface area contributed by atoms with E-state index in [2.05, 4.69) is 10.3 Å². The van der Waals surface area contributed by atoms with E-state index in [4.69, 9.17) is 0 Å². The third kappa shape index (κ3) is 5.22. The van der Waals surface area contributed by atoms with Gasteiger partial charge in [0, 0.05) is 31.9 Å². The Morgan fingerprint density at radius 3 is 2.35 bits per heavy atom. The number of amides is 2. The fraction of sp³-hybridized carbons (Fsp3) is 0.375. The van der Waals surface area contributed by atoms with Crippen molar-refractivity contribution in [2.24, 2.45) is 0 Å². The number of hydrogen-bond donors (Lipinski definition) is 1. The Morgan fingerprint density at radius 2 is 1.65 bits per heavy atom. The summed E-state index contributed by atoms with van der Waals surface area (Å²) < 4.78 is 41.4. The fourth-order valence-electron chi connectivity index (χ4n) is 4.19. The van der Waals surface area contributed by atoms with Gasteiger partial charge >= 0.3 is 6.18 Å². The third-order valence-electron chi connectivity index (χ3n) is 5.97. The van der Waals surface area contributed by atoms with Crippen LogP contribution in [0.2, 0.25) is 0 Å². The van der Waals surface area contributed by atoms with Crippen LogP contribution in [0.1, 0.15) is 18.3 Å². The Bertz CT molecular complexity index is 1180. The summed E-state index contributed by atoms with van der Waals surface area (Å²) in [6, 6.07) is 13.9. The van der Waals surface area contributed by atoms with E-state index in [1.165, 1.54) is 17.0 Å². The molecule has 0 aliphatic carbocycles. The molecule has 0 unspecified atom stereocenters. The van der Waals surface area contributed by atoms with Gasteiger partial charge < -0.3 is 14.8 Å². The molecule has 0 radical (unpaired) electrons. The second kappa shape index (κ2) is 9.84. The molecule has 2 amide bonds. The largest absolute Gasteiger partial charge is 0.449 e. The number of nitrogens with one attached hydrogen (secondary N) is 1. The molecule has 1 N–H and O–H groups in total. The number of nitrogens with zero attached hydrogens (tertiary/aromatic N) is 4. The number of anilines is 1. The summed E-state index contributed by atoms with van der Waals surface area (Å²) >= 11 is 0. The second-order valence-corrected chi connectivity index (χ2v) is 8.22. The first-order chi connectivity index (χ1) is 16.3. The third-order valence-corrected chi connectivity index (χ3v) is 5.97. The maximum Gasteiger partial charge on any atom is 0.449 e.